The third-order valence-electron chi connectivity index (χ3n) is 3.44. The number of anilines is 1. The van der Waals surface area contributed by atoms with Crippen LogP contribution in [-0.4, -0.2) is 37.4 Å². The summed E-state index contributed by atoms with van der Waals surface area (Å²) in [4.78, 5) is 6.55. The molecule has 0 unspecified atom stereocenters. The van der Waals surface area contributed by atoms with Crippen LogP contribution >= 0.6 is 11.6 Å². The molecule has 1 saturated carbocycles. The van der Waals surface area contributed by atoms with E-state index in [1.54, 1.807) is 6.07 Å². The molecule has 18 heavy (non-hydrogen) atoms. The van der Waals surface area contributed by atoms with E-state index in [2.05, 4.69) is 9.88 Å². The van der Waals surface area contributed by atoms with Crippen molar-refractivity contribution in [3.05, 3.63) is 17.3 Å². The molecule has 0 N–H and O–H groups in total. The minimum Gasteiger partial charge on any atom is -0.490 e. The van der Waals surface area contributed by atoms with Crippen LogP contribution < -0.4 is 9.64 Å². The Kier molecular flexibility index (Phi) is 3.57. The van der Waals surface area contributed by atoms with E-state index in [1.165, 1.54) is 6.42 Å². The van der Waals surface area contributed by atoms with E-state index in [9.17, 15) is 0 Å². The molecule has 0 aromatic carbocycles. The fraction of sp³-hybridized carbons (Fsp3) is 0.615. The lowest BCUT2D eigenvalue weighted by molar-refractivity contribution is 0.118. The molecule has 0 spiro atoms. The second-order valence-corrected chi connectivity index (χ2v) is 5.14. The third kappa shape index (κ3) is 2.70. The summed E-state index contributed by atoms with van der Waals surface area (Å²) >= 11 is 6.06. The van der Waals surface area contributed by atoms with Crippen molar-refractivity contribution in [3.63, 3.8) is 0 Å². The van der Waals surface area contributed by atoms with Gasteiger partial charge in [-0.15, -0.1) is 0 Å². The Labute approximate surface area is 112 Å². The Hall–Kier alpha value is -1.00. The van der Waals surface area contributed by atoms with Crippen LogP contribution in [0.4, 0.5) is 5.82 Å². The lowest BCUT2D eigenvalue weighted by Crippen LogP contribution is -2.36. The van der Waals surface area contributed by atoms with Gasteiger partial charge in [0.1, 0.15) is 16.7 Å². The number of nitrogens with zero attached hydrogens (tertiary/aromatic N) is 2. The molecule has 5 heteroatoms. The summed E-state index contributed by atoms with van der Waals surface area (Å²) in [6.45, 7) is 3.20. The predicted molar refractivity (Wildman–Crippen MR) is 70.5 cm³/mol. The summed E-state index contributed by atoms with van der Waals surface area (Å²) in [5.41, 5.74) is 0. The van der Waals surface area contributed by atoms with Gasteiger partial charge in [-0.3, -0.25) is 0 Å². The van der Waals surface area contributed by atoms with E-state index in [0.717, 1.165) is 50.7 Å². The first-order valence-electron chi connectivity index (χ1n) is 6.48. The van der Waals surface area contributed by atoms with E-state index < -0.39 is 0 Å². The van der Waals surface area contributed by atoms with Gasteiger partial charge in [0.2, 0.25) is 0 Å². The van der Waals surface area contributed by atoms with Crippen LogP contribution in [0.25, 0.3) is 0 Å². The molecule has 2 fully saturated rings. The highest BCUT2D eigenvalue weighted by Gasteiger charge is 2.20. The van der Waals surface area contributed by atoms with E-state index in [1.807, 2.05) is 6.07 Å². The Morgan fingerprint density at radius 2 is 2.06 bits per heavy atom. The molecule has 0 amide bonds. The zero-order chi connectivity index (χ0) is 12.4. The summed E-state index contributed by atoms with van der Waals surface area (Å²) in [5, 5.41) is 0.494. The van der Waals surface area contributed by atoms with Gasteiger partial charge in [-0.1, -0.05) is 11.6 Å². The molecular formula is C13H17ClN2O2. The minimum absolute atomic E-state index is 0.362. The molecule has 2 heterocycles. The van der Waals surface area contributed by atoms with Crippen LogP contribution in [-0.2, 0) is 4.74 Å². The number of hydrogen-bond acceptors (Lipinski definition) is 4. The highest BCUT2D eigenvalue weighted by Crippen LogP contribution is 2.29. The minimum atomic E-state index is 0.362. The van der Waals surface area contributed by atoms with Crippen LogP contribution in [0, 0.1) is 0 Å². The average Bonchev–Trinajstić information content (AvgIpc) is 2.34. The summed E-state index contributed by atoms with van der Waals surface area (Å²) in [7, 11) is 0. The quantitative estimate of drug-likeness (QED) is 0.789. The van der Waals surface area contributed by atoms with E-state index >= 15 is 0 Å². The van der Waals surface area contributed by atoms with Gasteiger partial charge in [-0.25, -0.2) is 4.98 Å². The number of pyridine rings is 1. The standard InChI is InChI=1S/C13H17ClN2O2/c14-12-8-11(18-10-2-1-3-10)9-13(15-12)16-4-6-17-7-5-16/h8-10H,1-7H2. The van der Waals surface area contributed by atoms with Gasteiger partial charge >= 0.3 is 0 Å². The van der Waals surface area contributed by atoms with Crippen LogP contribution in [0.15, 0.2) is 12.1 Å². The molecule has 0 atom stereocenters. The van der Waals surface area contributed by atoms with E-state index in [4.69, 9.17) is 21.1 Å². The Morgan fingerprint density at radius 1 is 1.28 bits per heavy atom. The fourth-order valence-electron chi connectivity index (χ4n) is 2.16. The van der Waals surface area contributed by atoms with Gasteiger partial charge in [0.15, 0.2) is 0 Å². The van der Waals surface area contributed by atoms with Crippen molar-refractivity contribution < 1.29 is 9.47 Å². The highest BCUT2D eigenvalue weighted by atomic mass is 35.5. The second kappa shape index (κ2) is 5.33. The Morgan fingerprint density at radius 3 is 2.72 bits per heavy atom. The molecule has 4 nitrogen and oxygen atoms in total. The number of rotatable bonds is 3. The summed E-state index contributed by atoms with van der Waals surface area (Å²) in [6.07, 6.45) is 3.92. The van der Waals surface area contributed by atoms with Crippen molar-refractivity contribution in [3.8, 4) is 5.75 Å². The molecule has 0 radical (unpaired) electrons. The summed E-state index contributed by atoms with van der Waals surface area (Å²) < 4.78 is 11.2. The van der Waals surface area contributed by atoms with Crippen molar-refractivity contribution >= 4 is 17.4 Å². The monoisotopic (exact) mass is 268 g/mol. The first-order chi connectivity index (χ1) is 8.81. The van der Waals surface area contributed by atoms with Crippen LogP contribution in [0.1, 0.15) is 19.3 Å². The van der Waals surface area contributed by atoms with Crippen LogP contribution in [0.3, 0.4) is 0 Å². The van der Waals surface area contributed by atoms with Gasteiger partial charge in [0.25, 0.3) is 0 Å². The van der Waals surface area contributed by atoms with Crippen molar-refractivity contribution in [1.82, 2.24) is 4.98 Å². The molecule has 0 bridgehead atoms. The van der Waals surface area contributed by atoms with Crippen LogP contribution in [0.2, 0.25) is 5.15 Å². The first kappa shape index (κ1) is 12.1. The number of aromatic nitrogens is 1. The maximum Gasteiger partial charge on any atom is 0.135 e. The Bertz CT molecular complexity index is 417. The first-order valence-corrected chi connectivity index (χ1v) is 6.86. The largest absolute Gasteiger partial charge is 0.490 e. The molecule has 1 aromatic rings. The van der Waals surface area contributed by atoms with Crippen LogP contribution in [0.5, 0.6) is 5.75 Å². The molecule has 1 saturated heterocycles. The predicted octanol–water partition coefficient (Wildman–Crippen LogP) is 2.50. The van der Waals surface area contributed by atoms with Crippen molar-refractivity contribution in [2.45, 2.75) is 25.4 Å². The van der Waals surface area contributed by atoms with Crippen molar-refractivity contribution in [2.24, 2.45) is 0 Å². The lowest BCUT2D eigenvalue weighted by atomic mass is 9.96. The SMILES string of the molecule is Clc1cc(OC2CCC2)cc(N2CCOCC2)n1. The third-order valence-corrected chi connectivity index (χ3v) is 3.64. The molecule has 3 rings (SSSR count). The number of morpholine rings is 1. The molecule has 2 aliphatic rings. The van der Waals surface area contributed by atoms with Gasteiger partial charge in [-0.2, -0.15) is 0 Å². The van der Waals surface area contributed by atoms with E-state index in [0.29, 0.717) is 11.3 Å². The Balaban J connectivity index is 1.75. The fourth-order valence-corrected chi connectivity index (χ4v) is 2.36. The second-order valence-electron chi connectivity index (χ2n) is 4.75. The van der Waals surface area contributed by atoms with Gasteiger partial charge in [0.05, 0.1) is 19.3 Å². The van der Waals surface area contributed by atoms with Gasteiger partial charge in [-0.05, 0) is 19.3 Å². The van der Waals surface area contributed by atoms with Gasteiger partial charge in [0, 0.05) is 25.2 Å². The van der Waals surface area contributed by atoms with Crippen molar-refractivity contribution in [1.29, 1.82) is 0 Å². The summed E-state index contributed by atoms with van der Waals surface area (Å²) in [6, 6.07) is 3.78. The zero-order valence-electron chi connectivity index (χ0n) is 10.3. The number of hydrogen-bond donors (Lipinski definition) is 0. The highest BCUT2D eigenvalue weighted by molar-refractivity contribution is 6.29. The lowest BCUT2D eigenvalue weighted by Gasteiger charge is -2.29. The number of ether oxygens (including phenoxy) is 2. The maximum absolute atomic E-state index is 6.06. The van der Waals surface area contributed by atoms with Crippen molar-refractivity contribution in [2.75, 3.05) is 31.2 Å². The summed E-state index contributed by atoms with van der Waals surface area (Å²) in [5.74, 6) is 1.72. The smallest absolute Gasteiger partial charge is 0.135 e. The maximum atomic E-state index is 6.06. The van der Waals surface area contributed by atoms with Gasteiger partial charge < -0.3 is 14.4 Å². The number of halogens is 1. The molecule has 98 valence electrons. The topological polar surface area (TPSA) is 34.6 Å². The molecule has 1 aliphatic heterocycles. The molecule has 1 aliphatic carbocycles. The zero-order valence-corrected chi connectivity index (χ0v) is 11.0. The average molecular weight is 269 g/mol. The normalized spacial score (nSPS) is 20.6. The molecular weight excluding hydrogens is 252 g/mol. The molecule has 1 aromatic heterocycles. The van der Waals surface area contributed by atoms with E-state index in [-0.39, 0.29) is 0 Å².